The first kappa shape index (κ1) is 13.2. The molecule has 94 valence electrons. The molecule has 0 spiro atoms. The standard InChI is InChI=1S/C10H14N2O5/c1-6(2)12(3-4-13)9(14)7-5-8(10(15)16)17-11-7/h5-6,13H,3-4H2,1-2H3,(H,15,16). The third-order valence-electron chi connectivity index (χ3n) is 2.17. The van der Waals surface area contributed by atoms with Crippen LogP contribution in [0.2, 0.25) is 0 Å². The van der Waals surface area contributed by atoms with Crippen molar-refractivity contribution in [2.45, 2.75) is 19.9 Å². The molecule has 1 aromatic rings. The van der Waals surface area contributed by atoms with Gasteiger partial charge in [0.25, 0.3) is 5.91 Å². The zero-order valence-electron chi connectivity index (χ0n) is 9.58. The Morgan fingerprint density at radius 1 is 1.53 bits per heavy atom. The van der Waals surface area contributed by atoms with Gasteiger partial charge in [-0.1, -0.05) is 5.16 Å². The number of carbonyl (C=O) groups excluding carboxylic acids is 1. The molecule has 0 fully saturated rings. The molecule has 0 atom stereocenters. The summed E-state index contributed by atoms with van der Waals surface area (Å²) < 4.78 is 4.50. The zero-order valence-corrected chi connectivity index (χ0v) is 9.58. The number of carbonyl (C=O) groups is 2. The van der Waals surface area contributed by atoms with Crippen molar-refractivity contribution >= 4 is 11.9 Å². The van der Waals surface area contributed by atoms with Gasteiger partial charge in [-0.15, -0.1) is 0 Å². The number of aromatic nitrogens is 1. The van der Waals surface area contributed by atoms with Crippen LogP contribution in [-0.2, 0) is 0 Å². The molecule has 1 amide bonds. The van der Waals surface area contributed by atoms with E-state index in [1.165, 1.54) is 4.90 Å². The van der Waals surface area contributed by atoms with Gasteiger partial charge in [0.2, 0.25) is 5.76 Å². The van der Waals surface area contributed by atoms with Crippen LogP contribution in [0, 0.1) is 0 Å². The predicted octanol–water partition coefficient (Wildman–Crippen LogP) is 0.216. The van der Waals surface area contributed by atoms with E-state index in [2.05, 4.69) is 9.68 Å². The molecule has 0 aliphatic heterocycles. The lowest BCUT2D eigenvalue weighted by Crippen LogP contribution is -2.39. The molecule has 0 unspecified atom stereocenters. The van der Waals surface area contributed by atoms with Crippen LogP contribution in [0.5, 0.6) is 0 Å². The normalized spacial score (nSPS) is 10.6. The fraction of sp³-hybridized carbons (Fsp3) is 0.500. The number of nitrogens with zero attached hydrogens (tertiary/aromatic N) is 2. The van der Waals surface area contributed by atoms with Crippen LogP contribution in [0.3, 0.4) is 0 Å². The lowest BCUT2D eigenvalue weighted by Gasteiger charge is -2.24. The summed E-state index contributed by atoms with van der Waals surface area (Å²) in [7, 11) is 0. The van der Waals surface area contributed by atoms with Gasteiger partial charge in [-0.2, -0.15) is 0 Å². The predicted molar refractivity (Wildman–Crippen MR) is 56.7 cm³/mol. The minimum atomic E-state index is -1.28. The molecule has 0 aromatic carbocycles. The van der Waals surface area contributed by atoms with Gasteiger partial charge in [-0.3, -0.25) is 4.79 Å². The van der Waals surface area contributed by atoms with E-state index in [0.29, 0.717) is 0 Å². The zero-order chi connectivity index (χ0) is 13.0. The maximum absolute atomic E-state index is 11.9. The molecule has 0 saturated carbocycles. The van der Waals surface area contributed by atoms with E-state index < -0.39 is 11.9 Å². The molecule has 7 nitrogen and oxygen atoms in total. The van der Waals surface area contributed by atoms with Crippen LogP contribution < -0.4 is 0 Å². The van der Waals surface area contributed by atoms with Crippen LogP contribution in [0.1, 0.15) is 34.9 Å². The Morgan fingerprint density at radius 2 is 2.18 bits per heavy atom. The smallest absolute Gasteiger partial charge is 0.374 e. The van der Waals surface area contributed by atoms with Gasteiger partial charge in [-0.05, 0) is 13.8 Å². The van der Waals surface area contributed by atoms with Crippen molar-refractivity contribution in [2.75, 3.05) is 13.2 Å². The van der Waals surface area contributed by atoms with Crippen molar-refractivity contribution < 1.29 is 24.3 Å². The lowest BCUT2D eigenvalue weighted by molar-refractivity contribution is 0.0635. The molecule has 7 heteroatoms. The third-order valence-corrected chi connectivity index (χ3v) is 2.17. The van der Waals surface area contributed by atoms with E-state index in [1.54, 1.807) is 13.8 Å². The Bertz CT molecular complexity index is 413. The van der Waals surface area contributed by atoms with E-state index in [9.17, 15) is 9.59 Å². The highest BCUT2D eigenvalue weighted by Crippen LogP contribution is 2.09. The summed E-state index contributed by atoms with van der Waals surface area (Å²) in [5.74, 6) is -2.14. The molecule has 0 saturated heterocycles. The maximum Gasteiger partial charge on any atom is 0.374 e. The molecule has 1 aromatic heterocycles. The number of carboxylic acids is 1. The first-order valence-corrected chi connectivity index (χ1v) is 5.09. The second-order valence-corrected chi connectivity index (χ2v) is 3.70. The van der Waals surface area contributed by atoms with Crippen molar-refractivity contribution in [3.63, 3.8) is 0 Å². The number of hydrogen-bond donors (Lipinski definition) is 2. The summed E-state index contributed by atoms with van der Waals surface area (Å²) in [5.41, 5.74) is -0.0791. The van der Waals surface area contributed by atoms with Crippen LogP contribution in [-0.4, -0.2) is 51.3 Å². The summed E-state index contributed by atoms with van der Waals surface area (Å²) in [6.07, 6.45) is 0. The Hall–Kier alpha value is -1.89. The highest BCUT2D eigenvalue weighted by atomic mass is 16.5. The first-order valence-electron chi connectivity index (χ1n) is 5.09. The molecule has 1 heterocycles. The van der Waals surface area contributed by atoms with Crippen molar-refractivity contribution in [1.29, 1.82) is 0 Å². The van der Waals surface area contributed by atoms with E-state index >= 15 is 0 Å². The molecular formula is C10H14N2O5. The first-order chi connectivity index (χ1) is 7.97. The van der Waals surface area contributed by atoms with Crippen molar-refractivity contribution in [3.8, 4) is 0 Å². The highest BCUT2D eigenvalue weighted by Gasteiger charge is 2.23. The van der Waals surface area contributed by atoms with Crippen molar-refractivity contribution in [1.82, 2.24) is 10.1 Å². The van der Waals surface area contributed by atoms with Gasteiger partial charge in [-0.25, -0.2) is 4.79 Å². The molecular weight excluding hydrogens is 228 g/mol. The number of aliphatic hydroxyl groups is 1. The second kappa shape index (κ2) is 5.44. The maximum atomic E-state index is 11.9. The monoisotopic (exact) mass is 242 g/mol. The summed E-state index contributed by atoms with van der Waals surface area (Å²) in [6.45, 7) is 3.55. The Balaban J connectivity index is 2.89. The summed E-state index contributed by atoms with van der Waals surface area (Å²) >= 11 is 0. The van der Waals surface area contributed by atoms with Crippen LogP contribution in [0.15, 0.2) is 10.6 Å². The molecule has 0 radical (unpaired) electrons. The van der Waals surface area contributed by atoms with Crippen molar-refractivity contribution in [3.05, 3.63) is 17.5 Å². The van der Waals surface area contributed by atoms with Gasteiger partial charge >= 0.3 is 5.97 Å². The highest BCUT2D eigenvalue weighted by molar-refractivity contribution is 5.95. The minimum absolute atomic E-state index is 0.0791. The summed E-state index contributed by atoms with van der Waals surface area (Å²) in [6, 6.07) is 0.942. The Morgan fingerprint density at radius 3 is 2.59 bits per heavy atom. The van der Waals surface area contributed by atoms with E-state index in [-0.39, 0.29) is 30.6 Å². The van der Waals surface area contributed by atoms with Crippen LogP contribution in [0.4, 0.5) is 0 Å². The minimum Gasteiger partial charge on any atom is -0.475 e. The summed E-state index contributed by atoms with van der Waals surface area (Å²) in [5, 5.41) is 20.9. The number of carboxylic acid groups (broad SMARTS) is 1. The van der Waals surface area contributed by atoms with Crippen LogP contribution >= 0.6 is 0 Å². The van der Waals surface area contributed by atoms with E-state index in [1.807, 2.05) is 0 Å². The largest absolute Gasteiger partial charge is 0.475 e. The number of aromatic carboxylic acids is 1. The van der Waals surface area contributed by atoms with Gasteiger partial charge < -0.3 is 19.6 Å². The Labute approximate surface area is 97.6 Å². The number of aliphatic hydroxyl groups excluding tert-OH is 1. The third kappa shape index (κ3) is 3.04. The molecule has 0 aliphatic rings. The average Bonchev–Trinajstić information content (AvgIpc) is 2.73. The molecule has 17 heavy (non-hydrogen) atoms. The van der Waals surface area contributed by atoms with E-state index in [4.69, 9.17) is 10.2 Å². The van der Waals surface area contributed by atoms with E-state index in [0.717, 1.165) is 6.07 Å². The number of rotatable bonds is 5. The SMILES string of the molecule is CC(C)N(CCO)C(=O)c1cc(C(=O)O)on1. The van der Waals surface area contributed by atoms with Gasteiger partial charge in [0.05, 0.1) is 6.61 Å². The summed E-state index contributed by atoms with van der Waals surface area (Å²) in [4.78, 5) is 23.9. The van der Waals surface area contributed by atoms with Gasteiger partial charge in [0.15, 0.2) is 5.69 Å². The topological polar surface area (TPSA) is 104 Å². The van der Waals surface area contributed by atoms with Crippen LogP contribution in [0.25, 0.3) is 0 Å². The molecule has 0 aliphatic carbocycles. The van der Waals surface area contributed by atoms with Crippen molar-refractivity contribution in [2.24, 2.45) is 0 Å². The number of hydrogen-bond acceptors (Lipinski definition) is 5. The molecule has 2 N–H and O–H groups in total. The average molecular weight is 242 g/mol. The fourth-order valence-electron chi connectivity index (χ4n) is 1.33. The fourth-order valence-corrected chi connectivity index (χ4v) is 1.33. The quantitative estimate of drug-likeness (QED) is 0.765. The molecule has 0 bridgehead atoms. The molecule has 1 rings (SSSR count). The van der Waals surface area contributed by atoms with Gasteiger partial charge in [0.1, 0.15) is 0 Å². The second-order valence-electron chi connectivity index (χ2n) is 3.70. The number of amides is 1. The van der Waals surface area contributed by atoms with Gasteiger partial charge in [0, 0.05) is 18.7 Å². The Kier molecular flexibility index (Phi) is 4.22. The lowest BCUT2D eigenvalue weighted by atomic mass is 10.2.